The van der Waals surface area contributed by atoms with Gasteiger partial charge in [0.05, 0.1) is 18.9 Å². The minimum Gasteiger partial charge on any atom is -0.399 e. The predicted molar refractivity (Wildman–Crippen MR) is 84.4 cm³/mol. The van der Waals surface area contributed by atoms with Crippen molar-refractivity contribution in [2.75, 3.05) is 12.3 Å². The van der Waals surface area contributed by atoms with Crippen molar-refractivity contribution in [1.82, 2.24) is 9.88 Å². The Hall–Kier alpha value is -2.87. The Morgan fingerprint density at radius 3 is 2.64 bits per heavy atom. The molecule has 0 atom stereocenters. The summed E-state index contributed by atoms with van der Waals surface area (Å²) in [6, 6.07) is 13.1. The molecule has 0 saturated heterocycles. The number of nitriles is 1. The van der Waals surface area contributed by atoms with Crippen molar-refractivity contribution in [2.45, 2.75) is 19.4 Å². The Kier molecular flexibility index (Phi) is 5.50. The summed E-state index contributed by atoms with van der Waals surface area (Å²) in [4.78, 5) is 18.2. The first-order valence-corrected chi connectivity index (χ1v) is 7.07. The summed E-state index contributed by atoms with van der Waals surface area (Å²) in [7, 11) is 0. The van der Waals surface area contributed by atoms with Crippen LogP contribution in [0.25, 0.3) is 0 Å². The van der Waals surface area contributed by atoms with E-state index in [0.717, 1.165) is 11.1 Å². The van der Waals surface area contributed by atoms with Crippen LogP contribution in [0.2, 0.25) is 0 Å². The largest absolute Gasteiger partial charge is 0.399 e. The van der Waals surface area contributed by atoms with Gasteiger partial charge in [-0.1, -0.05) is 18.2 Å². The number of hydrogen-bond acceptors (Lipinski definition) is 4. The molecule has 1 heterocycles. The number of carbonyl (C=O) groups excluding carboxylic acids is 1. The molecule has 0 aliphatic heterocycles. The van der Waals surface area contributed by atoms with E-state index in [1.165, 1.54) is 0 Å². The van der Waals surface area contributed by atoms with Crippen molar-refractivity contribution in [3.8, 4) is 6.07 Å². The van der Waals surface area contributed by atoms with Crippen LogP contribution in [0.3, 0.4) is 0 Å². The van der Waals surface area contributed by atoms with E-state index >= 15 is 0 Å². The van der Waals surface area contributed by atoms with Gasteiger partial charge in [-0.15, -0.1) is 0 Å². The molecule has 5 nitrogen and oxygen atoms in total. The van der Waals surface area contributed by atoms with Crippen molar-refractivity contribution in [3.63, 3.8) is 0 Å². The molecule has 0 unspecified atom stereocenters. The number of nitrogens with two attached hydrogens (primary N) is 1. The van der Waals surface area contributed by atoms with E-state index in [1.54, 1.807) is 29.4 Å². The summed E-state index contributed by atoms with van der Waals surface area (Å²) in [6.45, 7) is 0.878. The molecule has 0 aliphatic carbocycles. The van der Waals surface area contributed by atoms with Crippen LogP contribution in [0.15, 0.2) is 48.8 Å². The van der Waals surface area contributed by atoms with Crippen molar-refractivity contribution >= 4 is 11.6 Å². The fraction of sp³-hybridized carbons (Fsp3) is 0.235. The van der Waals surface area contributed by atoms with Gasteiger partial charge in [0.1, 0.15) is 0 Å². The highest BCUT2D eigenvalue weighted by Crippen LogP contribution is 2.10. The second-order valence-corrected chi connectivity index (χ2v) is 5.00. The second-order valence-electron chi connectivity index (χ2n) is 5.00. The standard InChI is InChI=1S/C17H18N4O/c18-8-2-10-21(13-15-3-1-9-20-12-15)17(22)11-14-4-6-16(19)7-5-14/h1,3-7,9,12H,2,10-11,13,19H2. The molecule has 1 aromatic carbocycles. The Balaban J connectivity index is 2.05. The predicted octanol–water partition coefficient (Wildman–Crippen LogP) is 2.15. The van der Waals surface area contributed by atoms with Crippen LogP contribution in [0.5, 0.6) is 0 Å². The van der Waals surface area contributed by atoms with Crippen LogP contribution in [-0.4, -0.2) is 22.3 Å². The van der Waals surface area contributed by atoms with Gasteiger partial charge in [0.15, 0.2) is 0 Å². The highest BCUT2D eigenvalue weighted by molar-refractivity contribution is 5.79. The fourth-order valence-electron chi connectivity index (χ4n) is 2.11. The number of benzene rings is 1. The van der Waals surface area contributed by atoms with Crippen LogP contribution in [0.4, 0.5) is 5.69 Å². The number of rotatable bonds is 6. The lowest BCUT2D eigenvalue weighted by Gasteiger charge is -2.21. The van der Waals surface area contributed by atoms with Crippen LogP contribution < -0.4 is 5.73 Å². The van der Waals surface area contributed by atoms with Gasteiger partial charge in [-0.05, 0) is 29.3 Å². The quantitative estimate of drug-likeness (QED) is 0.827. The molecule has 22 heavy (non-hydrogen) atoms. The van der Waals surface area contributed by atoms with Crippen molar-refractivity contribution < 1.29 is 4.79 Å². The van der Waals surface area contributed by atoms with Gasteiger partial charge in [-0.25, -0.2) is 0 Å². The topological polar surface area (TPSA) is 83.0 Å². The van der Waals surface area contributed by atoms with Crippen LogP contribution in [0, 0.1) is 11.3 Å². The number of anilines is 1. The van der Waals surface area contributed by atoms with Crippen LogP contribution in [0.1, 0.15) is 17.5 Å². The van der Waals surface area contributed by atoms with Gasteiger partial charge >= 0.3 is 0 Å². The Morgan fingerprint density at radius 1 is 1.23 bits per heavy atom. The first-order chi connectivity index (χ1) is 10.7. The number of hydrogen-bond donors (Lipinski definition) is 1. The third-order valence-corrected chi connectivity index (χ3v) is 3.28. The smallest absolute Gasteiger partial charge is 0.227 e. The molecular formula is C17H18N4O. The van der Waals surface area contributed by atoms with E-state index in [4.69, 9.17) is 11.0 Å². The minimum absolute atomic E-state index is 0.0103. The lowest BCUT2D eigenvalue weighted by atomic mass is 10.1. The van der Waals surface area contributed by atoms with Gasteiger partial charge in [0.25, 0.3) is 0 Å². The molecular weight excluding hydrogens is 276 g/mol. The molecule has 0 radical (unpaired) electrons. The molecule has 2 rings (SSSR count). The molecule has 112 valence electrons. The van der Waals surface area contributed by atoms with Crippen LogP contribution >= 0.6 is 0 Å². The fourth-order valence-corrected chi connectivity index (χ4v) is 2.11. The average Bonchev–Trinajstić information content (AvgIpc) is 2.54. The molecule has 0 fully saturated rings. The summed E-state index contributed by atoms with van der Waals surface area (Å²) < 4.78 is 0. The zero-order chi connectivity index (χ0) is 15.8. The maximum atomic E-state index is 12.5. The monoisotopic (exact) mass is 294 g/mol. The molecule has 1 aromatic heterocycles. The number of carbonyl (C=O) groups is 1. The van der Waals surface area contributed by atoms with Gasteiger partial charge < -0.3 is 10.6 Å². The SMILES string of the molecule is N#CCCN(Cc1cccnc1)C(=O)Cc1ccc(N)cc1. The third-order valence-electron chi connectivity index (χ3n) is 3.28. The zero-order valence-corrected chi connectivity index (χ0v) is 12.3. The molecule has 0 aliphatic rings. The van der Waals surface area contributed by atoms with Crippen molar-refractivity contribution in [1.29, 1.82) is 5.26 Å². The van der Waals surface area contributed by atoms with Gasteiger partial charge in [-0.3, -0.25) is 9.78 Å². The van der Waals surface area contributed by atoms with Gasteiger partial charge in [0.2, 0.25) is 5.91 Å². The summed E-state index contributed by atoms with van der Waals surface area (Å²) in [5, 5.41) is 8.77. The van der Waals surface area contributed by atoms with E-state index in [0.29, 0.717) is 31.6 Å². The lowest BCUT2D eigenvalue weighted by molar-refractivity contribution is -0.131. The van der Waals surface area contributed by atoms with E-state index < -0.39 is 0 Å². The van der Waals surface area contributed by atoms with Gasteiger partial charge in [-0.2, -0.15) is 5.26 Å². The number of amides is 1. The molecule has 2 N–H and O–H groups in total. The molecule has 0 saturated carbocycles. The highest BCUT2D eigenvalue weighted by Gasteiger charge is 2.14. The maximum Gasteiger partial charge on any atom is 0.227 e. The van der Waals surface area contributed by atoms with E-state index in [-0.39, 0.29) is 5.91 Å². The molecule has 0 spiro atoms. The lowest BCUT2D eigenvalue weighted by Crippen LogP contribution is -2.32. The third kappa shape index (κ3) is 4.60. The summed E-state index contributed by atoms with van der Waals surface area (Å²) >= 11 is 0. The highest BCUT2D eigenvalue weighted by atomic mass is 16.2. The molecule has 2 aromatic rings. The average molecular weight is 294 g/mol. The Bertz CT molecular complexity index is 647. The zero-order valence-electron chi connectivity index (χ0n) is 12.3. The molecule has 1 amide bonds. The van der Waals surface area contributed by atoms with Gasteiger partial charge in [0, 0.05) is 31.2 Å². The van der Waals surface area contributed by atoms with E-state index in [9.17, 15) is 4.79 Å². The summed E-state index contributed by atoms with van der Waals surface area (Å²) in [5.41, 5.74) is 8.18. The number of pyridine rings is 1. The number of aromatic nitrogens is 1. The molecule has 5 heteroatoms. The number of nitrogens with zero attached hydrogens (tertiary/aromatic N) is 3. The first-order valence-electron chi connectivity index (χ1n) is 7.07. The Labute approximate surface area is 130 Å². The maximum absolute atomic E-state index is 12.5. The molecule has 0 bridgehead atoms. The Morgan fingerprint density at radius 2 is 2.00 bits per heavy atom. The van der Waals surface area contributed by atoms with E-state index in [2.05, 4.69) is 11.1 Å². The van der Waals surface area contributed by atoms with E-state index in [1.807, 2.05) is 24.3 Å². The minimum atomic E-state index is -0.0103. The van der Waals surface area contributed by atoms with Crippen LogP contribution in [-0.2, 0) is 17.8 Å². The van der Waals surface area contributed by atoms with Crippen molar-refractivity contribution in [3.05, 3.63) is 59.9 Å². The normalized spacial score (nSPS) is 9.95. The van der Waals surface area contributed by atoms with Crippen molar-refractivity contribution in [2.24, 2.45) is 0 Å². The summed E-state index contributed by atoms with van der Waals surface area (Å²) in [5.74, 6) is -0.0103. The first kappa shape index (κ1) is 15.5. The second kappa shape index (κ2) is 7.79. The summed E-state index contributed by atoms with van der Waals surface area (Å²) in [6.07, 6.45) is 4.04. The number of nitrogen functional groups attached to an aromatic ring is 1.